The highest BCUT2D eigenvalue weighted by Crippen LogP contribution is 2.16. The van der Waals surface area contributed by atoms with E-state index in [0.29, 0.717) is 18.9 Å². The molecule has 0 radical (unpaired) electrons. The average molecular weight is 296 g/mol. The molecule has 0 bridgehead atoms. The molecule has 0 heterocycles. The molecule has 2 heteroatoms. The Bertz CT molecular complexity index is 612. The highest BCUT2D eigenvalue weighted by atomic mass is 16.5. The molecule has 0 aliphatic carbocycles. The number of carbonyl (C=O) groups is 1. The summed E-state index contributed by atoms with van der Waals surface area (Å²) in [5.74, 6) is 1.58. The Morgan fingerprint density at radius 1 is 1.09 bits per heavy atom. The summed E-state index contributed by atoms with van der Waals surface area (Å²) in [5, 5.41) is 0. The van der Waals surface area contributed by atoms with E-state index in [-0.39, 0.29) is 5.78 Å². The van der Waals surface area contributed by atoms with Crippen LogP contribution in [-0.4, -0.2) is 12.4 Å². The lowest BCUT2D eigenvalue weighted by molar-refractivity contribution is 0.0983. The van der Waals surface area contributed by atoms with Gasteiger partial charge in [0.1, 0.15) is 5.75 Å². The van der Waals surface area contributed by atoms with Gasteiger partial charge in [-0.2, -0.15) is 0 Å². The summed E-state index contributed by atoms with van der Waals surface area (Å²) < 4.78 is 5.73. The third-order valence-corrected chi connectivity index (χ3v) is 3.50. The SMILES string of the molecule is Cc1ccc(C(=O)CCc2cccc(OCC(C)C)c2)cc1. The van der Waals surface area contributed by atoms with E-state index in [4.69, 9.17) is 4.74 Å². The molecule has 2 aromatic carbocycles. The first-order chi connectivity index (χ1) is 10.5. The van der Waals surface area contributed by atoms with Crippen LogP contribution >= 0.6 is 0 Å². The molecule has 0 saturated carbocycles. The molecule has 22 heavy (non-hydrogen) atoms. The molecule has 0 saturated heterocycles. The Kier molecular flexibility index (Phi) is 5.76. The second-order valence-corrected chi connectivity index (χ2v) is 6.14. The molecular formula is C20H24O2. The van der Waals surface area contributed by atoms with Crippen molar-refractivity contribution in [2.75, 3.05) is 6.61 Å². The zero-order chi connectivity index (χ0) is 15.9. The Labute approximate surface area is 133 Å². The third-order valence-electron chi connectivity index (χ3n) is 3.50. The van der Waals surface area contributed by atoms with Crippen molar-refractivity contribution in [3.63, 3.8) is 0 Å². The van der Waals surface area contributed by atoms with Gasteiger partial charge in [0.25, 0.3) is 0 Å². The van der Waals surface area contributed by atoms with E-state index in [1.165, 1.54) is 5.56 Å². The molecule has 0 atom stereocenters. The lowest BCUT2D eigenvalue weighted by Crippen LogP contribution is -2.05. The van der Waals surface area contributed by atoms with Crippen LogP contribution in [0.3, 0.4) is 0 Å². The maximum absolute atomic E-state index is 12.2. The second-order valence-electron chi connectivity index (χ2n) is 6.14. The summed E-state index contributed by atoms with van der Waals surface area (Å²) in [6, 6.07) is 15.8. The highest BCUT2D eigenvalue weighted by molar-refractivity contribution is 5.96. The van der Waals surface area contributed by atoms with Gasteiger partial charge in [-0.1, -0.05) is 55.8 Å². The van der Waals surface area contributed by atoms with Crippen molar-refractivity contribution in [1.29, 1.82) is 0 Å². The smallest absolute Gasteiger partial charge is 0.163 e. The Balaban J connectivity index is 1.92. The van der Waals surface area contributed by atoms with Gasteiger partial charge in [-0.05, 0) is 37.0 Å². The van der Waals surface area contributed by atoms with Crippen LogP contribution in [0.1, 0.15) is 41.8 Å². The molecule has 0 unspecified atom stereocenters. The monoisotopic (exact) mass is 296 g/mol. The largest absolute Gasteiger partial charge is 0.493 e. The topological polar surface area (TPSA) is 26.3 Å². The molecule has 2 nitrogen and oxygen atoms in total. The highest BCUT2D eigenvalue weighted by Gasteiger charge is 2.06. The van der Waals surface area contributed by atoms with Crippen LogP contribution in [0.5, 0.6) is 5.75 Å². The van der Waals surface area contributed by atoms with E-state index in [1.54, 1.807) is 0 Å². The van der Waals surface area contributed by atoms with Crippen molar-refractivity contribution in [1.82, 2.24) is 0 Å². The van der Waals surface area contributed by atoms with Crippen LogP contribution in [0.2, 0.25) is 0 Å². The van der Waals surface area contributed by atoms with E-state index in [9.17, 15) is 4.79 Å². The number of aryl methyl sites for hydroxylation is 2. The molecule has 0 aliphatic rings. The van der Waals surface area contributed by atoms with E-state index in [2.05, 4.69) is 13.8 Å². The van der Waals surface area contributed by atoms with Gasteiger partial charge in [0.05, 0.1) is 6.61 Å². The maximum Gasteiger partial charge on any atom is 0.163 e. The van der Waals surface area contributed by atoms with Gasteiger partial charge in [-0.15, -0.1) is 0 Å². The molecule has 0 spiro atoms. The Morgan fingerprint density at radius 3 is 2.50 bits per heavy atom. The van der Waals surface area contributed by atoms with Gasteiger partial charge in [0, 0.05) is 12.0 Å². The lowest BCUT2D eigenvalue weighted by Gasteiger charge is -2.10. The van der Waals surface area contributed by atoms with Crippen LogP contribution in [0, 0.1) is 12.8 Å². The second kappa shape index (κ2) is 7.79. The van der Waals surface area contributed by atoms with Crippen LogP contribution in [0.25, 0.3) is 0 Å². The number of hydrogen-bond donors (Lipinski definition) is 0. The quantitative estimate of drug-likeness (QED) is 0.683. The number of hydrogen-bond acceptors (Lipinski definition) is 2. The fraction of sp³-hybridized carbons (Fsp3) is 0.350. The van der Waals surface area contributed by atoms with E-state index < -0.39 is 0 Å². The normalized spacial score (nSPS) is 10.7. The average Bonchev–Trinajstić information content (AvgIpc) is 2.52. The van der Waals surface area contributed by atoms with Crippen molar-refractivity contribution < 1.29 is 9.53 Å². The molecule has 2 aromatic rings. The van der Waals surface area contributed by atoms with Gasteiger partial charge in [-0.25, -0.2) is 0 Å². The summed E-state index contributed by atoms with van der Waals surface area (Å²) in [4.78, 5) is 12.2. The van der Waals surface area contributed by atoms with Crippen LogP contribution in [0.4, 0.5) is 0 Å². The number of ketones is 1. The first kappa shape index (κ1) is 16.3. The predicted octanol–water partition coefficient (Wildman–Crippen LogP) is 4.85. The number of carbonyl (C=O) groups excluding carboxylic acids is 1. The molecule has 0 fully saturated rings. The summed E-state index contributed by atoms with van der Waals surface area (Å²) in [6.07, 6.45) is 1.27. The molecule has 0 aliphatic heterocycles. The predicted molar refractivity (Wildman–Crippen MR) is 90.6 cm³/mol. The Hall–Kier alpha value is -2.09. The minimum Gasteiger partial charge on any atom is -0.493 e. The fourth-order valence-electron chi connectivity index (χ4n) is 2.20. The van der Waals surface area contributed by atoms with E-state index in [1.807, 2.05) is 55.5 Å². The summed E-state index contributed by atoms with van der Waals surface area (Å²) in [6.45, 7) is 7.00. The zero-order valence-corrected chi connectivity index (χ0v) is 13.6. The standard InChI is InChI=1S/C20H24O2/c1-15(2)14-22-19-6-4-5-17(13-19)9-12-20(21)18-10-7-16(3)8-11-18/h4-8,10-11,13,15H,9,12,14H2,1-3H3. The van der Waals surface area contributed by atoms with E-state index in [0.717, 1.165) is 23.3 Å². The van der Waals surface area contributed by atoms with E-state index >= 15 is 0 Å². The molecule has 2 rings (SSSR count). The van der Waals surface area contributed by atoms with Crippen molar-refractivity contribution in [2.45, 2.75) is 33.6 Å². The molecule has 0 N–H and O–H groups in total. The minimum absolute atomic E-state index is 0.188. The minimum atomic E-state index is 0.188. The molecular weight excluding hydrogens is 272 g/mol. The molecule has 0 amide bonds. The number of Topliss-reactive ketones (excluding diaryl/α,β-unsaturated/α-hetero) is 1. The fourth-order valence-corrected chi connectivity index (χ4v) is 2.20. The number of rotatable bonds is 7. The van der Waals surface area contributed by atoms with Crippen LogP contribution in [0.15, 0.2) is 48.5 Å². The van der Waals surface area contributed by atoms with Gasteiger partial charge in [-0.3, -0.25) is 4.79 Å². The number of benzene rings is 2. The van der Waals surface area contributed by atoms with Crippen LogP contribution in [-0.2, 0) is 6.42 Å². The summed E-state index contributed by atoms with van der Waals surface area (Å²) in [5.41, 5.74) is 3.10. The molecule has 0 aromatic heterocycles. The van der Waals surface area contributed by atoms with Crippen LogP contribution < -0.4 is 4.74 Å². The summed E-state index contributed by atoms with van der Waals surface area (Å²) >= 11 is 0. The summed E-state index contributed by atoms with van der Waals surface area (Å²) in [7, 11) is 0. The van der Waals surface area contributed by atoms with Gasteiger partial charge < -0.3 is 4.74 Å². The van der Waals surface area contributed by atoms with Crippen molar-refractivity contribution in [3.8, 4) is 5.75 Å². The maximum atomic E-state index is 12.2. The van der Waals surface area contributed by atoms with Crippen molar-refractivity contribution in [2.24, 2.45) is 5.92 Å². The van der Waals surface area contributed by atoms with Gasteiger partial charge in [0.15, 0.2) is 5.78 Å². The lowest BCUT2D eigenvalue weighted by atomic mass is 10.0. The zero-order valence-electron chi connectivity index (χ0n) is 13.6. The first-order valence-corrected chi connectivity index (χ1v) is 7.86. The number of ether oxygens (including phenoxy) is 1. The third kappa shape index (κ3) is 5.03. The molecule has 116 valence electrons. The van der Waals surface area contributed by atoms with Gasteiger partial charge in [0.2, 0.25) is 0 Å². The van der Waals surface area contributed by atoms with Crippen molar-refractivity contribution >= 4 is 5.78 Å². The first-order valence-electron chi connectivity index (χ1n) is 7.86. The van der Waals surface area contributed by atoms with Gasteiger partial charge >= 0.3 is 0 Å². The Morgan fingerprint density at radius 2 is 1.82 bits per heavy atom. The van der Waals surface area contributed by atoms with Crippen molar-refractivity contribution in [3.05, 3.63) is 65.2 Å².